The van der Waals surface area contributed by atoms with E-state index in [9.17, 15) is 9.59 Å². The van der Waals surface area contributed by atoms with Crippen LogP contribution in [-0.2, 0) is 9.53 Å². The number of rotatable bonds is 5. The smallest absolute Gasteiger partial charge is 0.251 e. The fourth-order valence-electron chi connectivity index (χ4n) is 2.23. The first-order valence-electron chi connectivity index (χ1n) is 7.69. The van der Waals surface area contributed by atoms with Crippen LogP contribution in [0.5, 0.6) is 0 Å². The van der Waals surface area contributed by atoms with Crippen LogP contribution in [0.25, 0.3) is 0 Å². The van der Waals surface area contributed by atoms with Crippen molar-refractivity contribution in [1.82, 2.24) is 10.6 Å². The highest BCUT2D eigenvalue weighted by atomic mass is 32.1. The minimum absolute atomic E-state index is 0.108. The van der Waals surface area contributed by atoms with Gasteiger partial charge in [-0.1, -0.05) is 13.0 Å². The standard InChI is InChI=1S/C16H21N3O3S/c1-2-14(20)19-16(23)18-12-6-3-5-11(9-12)15(21)17-10-13-7-4-8-22-13/h3,5-6,9,13H,2,4,7-8,10H2,1H3,(H,17,21)(H2,18,19,20,23)/t13-/m0/s1. The van der Waals surface area contributed by atoms with E-state index >= 15 is 0 Å². The van der Waals surface area contributed by atoms with Crippen molar-refractivity contribution < 1.29 is 14.3 Å². The number of benzene rings is 1. The van der Waals surface area contributed by atoms with Crippen LogP contribution >= 0.6 is 12.2 Å². The fourth-order valence-corrected chi connectivity index (χ4v) is 2.46. The van der Waals surface area contributed by atoms with Crippen molar-refractivity contribution in [2.45, 2.75) is 32.3 Å². The summed E-state index contributed by atoms with van der Waals surface area (Å²) < 4.78 is 5.48. The second-order valence-corrected chi connectivity index (χ2v) is 5.69. The van der Waals surface area contributed by atoms with Crippen molar-refractivity contribution in [3.63, 3.8) is 0 Å². The molecule has 0 spiro atoms. The van der Waals surface area contributed by atoms with E-state index in [1.807, 2.05) is 0 Å². The number of hydrogen-bond donors (Lipinski definition) is 3. The number of carbonyl (C=O) groups is 2. The van der Waals surface area contributed by atoms with Gasteiger partial charge in [0.1, 0.15) is 0 Å². The van der Waals surface area contributed by atoms with Gasteiger partial charge in [-0.3, -0.25) is 9.59 Å². The van der Waals surface area contributed by atoms with Crippen molar-refractivity contribution in [2.24, 2.45) is 0 Å². The number of ether oxygens (including phenoxy) is 1. The van der Waals surface area contributed by atoms with Gasteiger partial charge in [0.25, 0.3) is 5.91 Å². The lowest BCUT2D eigenvalue weighted by molar-refractivity contribution is -0.119. The van der Waals surface area contributed by atoms with Gasteiger partial charge >= 0.3 is 0 Å². The zero-order valence-electron chi connectivity index (χ0n) is 13.1. The molecule has 23 heavy (non-hydrogen) atoms. The molecule has 0 bridgehead atoms. The lowest BCUT2D eigenvalue weighted by Gasteiger charge is -2.12. The monoisotopic (exact) mass is 335 g/mol. The Morgan fingerprint density at radius 2 is 2.22 bits per heavy atom. The second-order valence-electron chi connectivity index (χ2n) is 5.28. The third-order valence-corrected chi connectivity index (χ3v) is 3.68. The van der Waals surface area contributed by atoms with Gasteiger partial charge in [-0.05, 0) is 43.3 Å². The van der Waals surface area contributed by atoms with Crippen LogP contribution in [0.1, 0.15) is 36.5 Å². The first kappa shape index (κ1) is 17.4. The van der Waals surface area contributed by atoms with Crippen LogP contribution in [0.3, 0.4) is 0 Å². The molecule has 3 N–H and O–H groups in total. The summed E-state index contributed by atoms with van der Waals surface area (Å²) in [6, 6.07) is 6.95. The molecule has 1 aliphatic rings. The molecule has 0 radical (unpaired) electrons. The Morgan fingerprint density at radius 3 is 2.91 bits per heavy atom. The Hall–Kier alpha value is -1.99. The van der Waals surface area contributed by atoms with Gasteiger partial charge in [-0.15, -0.1) is 0 Å². The summed E-state index contributed by atoms with van der Waals surface area (Å²) in [5.74, 6) is -0.319. The number of anilines is 1. The Balaban J connectivity index is 1.89. The van der Waals surface area contributed by atoms with E-state index in [4.69, 9.17) is 17.0 Å². The molecule has 1 saturated heterocycles. The lowest BCUT2D eigenvalue weighted by atomic mass is 10.1. The van der Waals surface area contributed by atoms with E-state index in [0.717, 1.165) is 19.4 Å². The Labute approximate surface area is 141 Å². The predicted octanol–water partition coefficient (Wildman–Crippen LogP) is 1.82. The summed E-state index contributed by atoms with van der Waals surface area (Å²) in [6.45, 7) is 3.03. The third-order valence-electron chi connectivity index (χ3n) is 3.47. The Morgan fingerprint density at radius 1 is 1.39 bits per heavy atom. The highest BCUT2D eigenvalue weighted by Crippen LogP contribution is 2.13. The van der Waals surface area contributed by atoms with E-state index in [0.29, 0.717) is 24.2 Å². The number of hydrogen-bond acceptors (Lipinski definition) is 4. The molecule has 0 saturated carbocycles. The second kappa shape index (κ2) is 8.59. The largest absolute Gasteiger partial charge is 0.376 e. The van der Waals surface area contributed by atoms with Crippen molar-refractivity contribution in [2.75, 3.05) is 18.5 Å². The number of nitrogens with one attached hydrogen (secondary N) is 3. The normalized spacial score (nSPS) is 16.7. The van der Waals surface area contributed by atoms with Crippen LogP contribution in [-0.4, -0.2) is 36.2 Å². The van der Waals surface area contributed by atoms with Gasteiger partial charge in [0.15, 0.2) is 5.11 Å². The minimum atomic E-state index is -0.160. The fraction of sp³-hybridized carbons (Fsp3) is 0.438. The third kappa shape index (κ3) is 5.61. The maximum absolute atomic E-state index is 12.2. The summed E-state index contributed by atoms with van der Waals surface area (Å²) in [7, 11) is 0. The van der Waals surface area contributed by atoms with E-state index in [2.05, 4.69) is 16.0 Å². The number of amides is 2. The SMILES string of the molecule is CCC(=O)NC(=S)Nc1cccc(C(=O)NC[C@@H]2CCCO2)c1. The van der Waals surface area contributed by atoms with E-state index in [1.165, 1.54) is 0 Å². The summed E-state index contributed by atoms with van der Waals surface area (Å²) in [5, 5.41) is 8.53. The molecule has 0 unspecified atom stereocenters. The van der Waals surface area contributed by atoms with Crippen LogP contribution in [0.4, 0.5) is 5.69 Å². The zero-order chi connectivity index (χ0) is 16.7. The summed E-state index contributed by atoms with van der Waals surface area (Å²) in [4.78, 5) is 23.5. The van der Waals surface area contributed by atoms with E-state index < -0.39 is 0 Å². The average molecular weight is 335 g/mol. The summed E-state index contributed by atoms with van der Waals surface area (Å²) in [5.41, 5.74) is 1.17. The van der Waals surface area contributed by atoms with Gasteiger partial charge in [-0.2, -0.15) is 0 Å². The topological polar surface area (TPSA) is 79.5 Å². The molecule has 1 aromatic carbocycles. The molecule has 124 valence electrons. The molecule has 1 aliphatic heterocycles. The van der Waals surface area contributed by atoms with E-state index in [-0.39, 0.29) is 23.0 Å². The zero-order valence-corrected chi connectivity index (χ0v) is 13.9. The molecule has 6 nitrogen and oxygen atoms in total. The van der Waals surface area contributed by atoms with Crippen molar-refractivity contribution >= 4 is 34.8 Å². The maximum atomic E-state index is 12.2. The van der Waals surface area contributed by atoms with Crippen LogP contribution in [0.2, 0.25) is 0 Å². The van der Waals surface area contributed by atoms with Crippen molar-refractivity contribution in [3.05, 3.63) is 29.8 Å². The first-order valence-corrected chi connectivity index (χ1v) is 8.10. The minimum Gasteiger partial charge on any atom is -0.376 e. The molecule has 1 heterocycles. The molecular formula is C16H21N3O3S. The van der Waals surface area contributed by atoms with Crippen LogP contribution < -0.4 is 16.0 Å². The van der Waals surface area contributed by atoms with Gasteiger partial charge in [0, 0.05) is 30.8 Å². The first-order chi connectivity index (χ1) is 11.1. The molecule has 1 fully saturated rings. The molecule has 1 atom stereocenters. The molecule has 0 aromatic heterocycles. The highest BCUT2D eigenvalue weighted by molar-refractivity contribution is 7.80. The highest BCUT2D eigenvalue weighted by Gasteiger charge is 2.16. The average Bonchev–Trinajstić information content (AvgIpc) is 3.06. The van der Waals surface area contributed by atoms with Crippen molar-refractivity contribution in [1.29, 1.82) is 0 Å². The van der Waals surface area contributed by atoms with Crippen LogP contribution in [0, 0.1) is 0 Å². The molecule has 2 amide bonds. The Kier molecular flexibility index (Phi) is 6.49. The summed E-state index contributed by atoms with van der Waals surface area (Å²) >= 11 is 5.05. The van der Waals surface area contributed by atoms with Gasteiger partial charge in [-0.25, -0.2) is 0 Å². The summed E-state index contributed by atoms with van der Waals surface area (Å²) in [6.07, 6.45) is 2.49. The number of carbonyl (C=O) groups excluding carboxylic acids is 2. The lowest BCUT2D eigenvalue weighted by Crippen LogP contribution is -2.34. The van der Waals surface area contributed by atoms with Gasteiger partial charge in [0.05, 0.1) is 6.10 Å². The molecule has 0 aliphatic carbocycles. The van der Waals surface area contributed by atoms with Gasteiger partial charge < -0.3 is 20.7 Å². The molecule has 7 heteroatoms. The molecular weight excluding hydrogens is 314 g/mol. The Bertz CT molecular complexity index is 586. The predicted molar refractivity (Wildman–Crippen MR) is 92.4 cm³/mol. The van der Waals surface area contributed by atoms with E-state index in [1.54, 1.807) is 31.2 Å². The van der Waals surface area contributed by atoms with Crippen molar-refractivity contribution in [3.8, 4) is 0 Å². The van der Waals surface area contributed by atoms with Gasteiger partial charge in [0.2, 0.25) is 5.91 Å². The maximum Gasteiger partial charge on any atom is 0.251 e. The van der Waals surface area contributed by atoms with Crippen LogP contribution in [0.15, 0.2) is 24.3 Å². The molecule has 2 rings (SSSR count). The molecule has 1 aromatic rings. The quantitative estimate of drug-likeness (QED) is 0.715. The number of thiocarbonyl (C=S) groups is 1.